The molecular weight excluding hydrogens is 432 g/mol. The zero-order valence-corrected chi connectivity index (χ0v) is 20.1. The molecule has 3 N–H and O–H groups in total. The maximum atomic E-state index is 12.6. The second-order valence-corrected chi connectivity index (χ2v) is 11.7. The molecule has 10 heteroatoms. The van der Waals surface area contributed by atoms with E-state index in [0.717, 1.165) is 57.7 Å². The number of amides is 1. The Morgan fingerprint density at radius 1 is 1.25 bits per heavy atom. The van der Waals surface area contributed by atoms with Gasteiger partial charge in [0.1, 0.15) is 5.76 Å². The summed E-state index contributed by atoms with van der Waals surface area (Å²) in [6.45, 7) is 6.22. The second-order valence-electron chi connectivity index (χ2n) is 9.65. The van der Waals surface area contributed by atoms with Crippen molar-refractivity contribution >= 4 is 16.7 Å². The number of nitrogens with zero attached hydrogens (tertiary/aromatic N) is 3. The van der Waals surface area contributed by atoms with Crippen molar-refractivity contribution in [1.29, 1.82) is 0 Å². The summed E-state index contributed by atoms with van der Waals surface area (Å²) >= 11 is 0. The zero-order valence-electron chi connectivity index (χ0n) is 19.2. The number of likely N-dealkylation sites (tertiary alicyclic amines) is 1. The van der Waals surface area contributed by atoms with E-state index in [1.165, 1.54) is 0 Å². The van der Waals surface area contributed by atoms with E-state index < -0.39 is 10.8 Å². The van der Waals surface area contributed by atoms with Crippen LogP contribution in [0.15, 0.2) is 10.6 Å². The zero-order chi connectivity index (χ0) is 22.7. The number of aromatic nitrogens is 1. The van der Waals surface area contributed by atoms with Gasteiger partial charge in [0.2, 0.25) is 0 Å². The summed E-state index contributed by atoms with van der Waals surface area (Å²) < 4.78 is 34.3. The molecule has 1 aromatic heterocycles. The summed E-state index contributed by atoms with van der Waals surface area (Å²) in [5.41, 5.74) is 0.336. The van der Waals surface area contributed by atoms with Crippen LogP contribution in [0.2, 0.25) is 0 Å². The van der Waals surface area contributed by atoms with Crippen LogP contribution in [0, 0.1) is 5.92 Å². The van der Waals surface area contributed by atoms with Crippen LogP contribution in [0.4, 0.5) is 0 Å². The first kappa shape index (κ1) is 24.0. The van der Waals surface area contributed by atoms with Crippen LogP contribution >= 0.6 is 10.8 Å². The fourth-order valence-corrected chi connectivity index (χ4v) is 7.16. The average molecular weight is 471 g/mol. The highest BCUT2D eigenvalue weighted by Crippen LogP contribution is 2.49. The van der Waals surface area contributed by atoms with Gasteiger partial charge >= 0.3 is 0 Å². The molecule has 4 rings (SSSR count). The van der Waals surface area contributed by atoms with Crippen molar-refractivity contribution in [3.63, 3.8) is 0 Å². The van der Waals surface area contributed by atoms with Crippen LogP contribution in [0.5, 0.6) is 0 Å². The number of nitrogens with one attached hydrogen (secondary N) is 1. The van der Waals surface area contributed by atoms with Gasteiger partial charge in [-0.2, -0.15) is 0 Å². The number of methoxy groups -OCH3 is 1. The number of ether oxygens (including phenoxy) is 1. The van der Waals surface area contributed by atoms with E-state index in [4.69, 9.17) is 9.26 Å². The molecule has 3 heterocycles. The fourth-order valence-electron chi connectivity index (χ4n) is 4.94. The summed E-state index contributed by atoms with van der Waals surface area (Å²) in [7, 11) is -1.10. The summed E-state index contributed by atoms with van der Waals surface area (Å²) in [5, 5.41) is 6.97. The number of rotatable bonds is 9. The first-order valence-corrected chi connectivity index (χ1v) is 13.5. The van der Waals surface area contributed by atoms with Crippen LogP contribution in [-0.2, 0) is 4.74 Å². The number of hydrogen-bond donors (Lipinski definition) is 3. The van der Waals surface area contributed by atoms with Crippen molar-refractivity contribution in [2.75, 3.05) is 45.6 Å². The van der Waals surface area contributed by atoms with E-state index in [1.807, 2.05) is 11.2 Å². The standard InChI is InChI=1S/C22H38N4O5S/c1-16-13-19(23-22(27)20-14-21(31-24-20)18-3-4-18)7-10-26(16)32(28,29)15-17-5-8-25(9-6-17)11-12-30-2/h14,16-19,28-29H,3-13,15H2,1-2H3,(H,23,27)/t16-,19-/m1/s1. The Balaban J connectivity index is 1.23. The second kappa shape index (κ2) is 10.4. The molecule has 9 nitrogen and oxygen atoms in total. The SMILES string of the molecule is COCCN1CCC(CS(O)(O)N2CC[C@@H](NC(=O)c3cc(C4CC4)on3)C[C@H]2C)CC1. The highest BCUT2D eigenvalue weighted by molar-refractivity contribution is 8.22. The largest absolute Gasteiger partial charge is 0.383 e. The third-order valence-electron chi connectivity index (χ3n) is 7.04. The number of piperidine rings is 2. The van der Waals surface area contributed by atoms with Crippen molar-refractivity contribution in [3.05, 3.63) is 17.5 Å². The molecule has 1 saturated carbocycles. The van der Waals surface area contributed by atoms with E-state index in [0.29, 0.717) is 42.7 Å². The topological polar surface area (TPSA) is 111 Å². The summed E-state index contributed by atoms with van der Waals surface area (Å²) in [4.78, 5) is 14.9. The Morgan fingerprint density at radius 3 is 2.66 bits per heavy atom. The van der Waals surface area contributed by atoms with Gasteiger partial charge in [-0.3, -0.25) is 13.9 Å². The quantitative estimate of drug-likeness (QED) is 0.505. The van der Waals surface area contributed by atoms with Gasteiger partial charge in [-0.1, -0.05) is 5.16 Å². The van der Waals surface area contributed by atoms with E-state index in [-0.39, 0.29) is 18.0 Å². The Labute approximate surface area is 192 Å². The molecule has 0 aromatic carbocycles. The molecule has 0 radical (unpaired) electrons. The highest BCUT2D eigenvalue weighted by atomic mass is 32.3. The van der Waals surface area contributed by atoms with Crippen LogP contribution in [0.25, 0.3) is 0 Å². The molecule has 1 aromatic rings. The molecule has 1 aliphatic carbocycles. The van der Waals surface area contributed by atoms with Crippen molar-refractivity contribution in [2.45, 2.75) is 63.5 Å². The van der Waals surface area contributed by atoms with Gasteiger partial charge < -0.3 is 19.5 Å². The predicted octanol–water partition coefficient (Wildman–Crippen LogP) is 3.16. The van der Waals surface area contributed by atoms with E-state index in [2.05, 4.69) is 15.4 Å². The summed E-state index contributed by atoms with van der Waals surface area (Å²) in [6, 6.07) is 1.73. The van der Waals surface area contributed by atoms with E-state index in [1.54, 1.807) is 13.2 Å². The minimum atomic E-state index is -2.82. The lowest BCUT2D eigenvalue weighted by molar-refractivity contribution is 0.0902. The molecular formula is C22H38N4O5S. The van der Waals surface area contributed by atoms with Crippen LogP contribution in [0.3, 0.4) is 0 Å². The Kier molecular flexibility index (Phi) is 7.79. The van der Waals surface area contributed by atoms with Crippen LogP contribution < -0.4 is 5.32 Å². The molecule has 3 aliphatic rings. The molecule has 182 valence electrons. The third kappa shape index (κ3) is 6.03. The summed E-state index contributed by atoms with van der Waals surface area (Å²) in [6.07, 6.45) is 5.55. The van der Waals surface area contributed by atoms with Crippen molar-refractivity contribution < 1.29 is 23.2 Å². The Morgan fingerprint density at radius 2 is 2.00 bits per heavy atom. The van der Waals surface area contributed by atoms with E-state index >= 15 is 0 Å². The maximum Gasteiger partial charge on any atom is 0.273 e. The molecule has 2 atom stereocenters. The number of hydrogen-bond acceptors (Lipinski definition) is 8. The van der Waals surface area contributed by atoms with Gasteiger partial charge in [0.15, 0.2) is 5.69 Å². The van der Waals surface area contributed by atoms with Crippen molar-refractivity contribution in [3.8, 4) is 0 Å². The van der Waals surface area contributed by atoms with Gasteiger partial charge in [-0.05, 0) is 64.5 Å². The van der Waals surface area contributed by atoms with Crippen LogP contribution in [0.1, 0.15) is 67.6 Å². The molecule has 0 unspecified atom stereocenters. The molecule has 2 saturated heterocycles. The van der Waals surface area contributed by atoms with E-state index in [9.17, 15) is 13.9 Å². The van der Waals surface area contributed by atoms with Gasteiger partial charge in [0.05, 0.1) is 12.4 Å². The smallest absolute Gasteiger partial charge is 0.273 e. The maximum absolute atomic E-state index is 12.6. The number of carbonyl (C=O) groups excluding carboxylic acids is 1. The van der Waals surface area contributed by atoms with Crippen molar-refractivity contribution in [1.82, 2.24) is 19.7 Å². The van der Waals surface area contributed by atoms with Gasteiger partial charge in [0.25, 0.3) is 5.91 Å². The van der Waals surface area contributed by atoms with Gasteiger partial charge in [-0.15, -0.1) is 10.8 Å². The van der Waals surface area contributed by atoms with Crippen molar-refractivity contribution in [2.24, 2.45) is 5.92 Å². The molecule has 2 aliphatic heterocycles. The molecule has 1 amide bonds. The van der Waals surface area contributed by atoms with Gasteiger partial charge in [-0.25, -0.2) is 4.31 Å². The molecule has 0 spiro atoms. The number of carbonyl (C=O) groups is 1. The third-order valence-corrected chi connectivity index (χ3v) is 9.26. The molecule has 32 heavy (non-hydrogen) atoms. The Hall–Kier alpha value is -1.17. The van der Waals surface area contributed by atoms with Crippen LogP contribution in [-0.4, -0.2) is 87.1 Å². The Bertz CT molecular complexity index is 763. The minimum absolute atomic E-state index is 0.00551. The summed E-state index contributed by atoms with van der Waals surface area (Å²) in [5.74, 6) is 1.79. The molecule has 3 fully saturated rings. The molecule has 0 bridgehead atoms. The average Bonchev–Trinajstić information content (AvgIpc) is 3.49. The lowest BCUT2D eigenvalue weighted by Crippen LogP contribution is -2.50. The fraction of sp³-hybridized carbons (Fsp3) is 0.818. The highest BCUT2D eigenvalue weighted by Gasteiger charge is 2.36. The first-order valence-electron chi connectivity index (χ1n) is 11.9. The normalized spacial score (nSPS) is 26.9. The first-order chi connectivity index (χ1) is 15.4. The lowest BCUT2D eigenvalue weighted by Gasteiger charge is -2.51. The van der Waals surface area contributed by atoms with Gasteiger partial charge in [0, 0.05) is 44.3 Å². The minimum Gasteiger partial charge on any atom is -0.383 e. The lowest BCUT2D eigenvalue weighted by atomic mass is 9.99. The predicted molar refractivity (Wildman–Crippen MR) is 124 cm³/mol. The monoisotopic (exact) mass is 470 g/mol.